The number of halogens is 2. The van der Waals surface area contributed by atoms with Crippen LogP contribution < -0.4 is 4.90 Å². The summed E-state index contributed by atoms with van der Waals surface area (Å²) in [5.41, 5.74) is 0.206. The zero-order valence-electron chi connectivity index (χ0n) is 21.2. The fraction of sp³-hybridized carbons (Fsp3) is 0.593. The number of ether oxygens (including phenoxy) is 2. The van der Waals surface area contributed by atoms with Gasteiger partial charge in [-0.25, -0.2) is 0 Å². The third-order valence-corrected chi connectivity index (χ3v) is 8.82. The van der Waals surface area contributed by atoms with Gasteiger partial charge in [-0.3, -0.25) is 14.4 Å². The summed E-state index contributed by atoms with van der Waals surface area (Å²) in [6, 6.07) is 4.48. The molecule has 1 N–H and O–H groups in total. The lowest BCUT2D eigenvalue weighted by atomic mass is 9.70. The minimum absolute atomic E-state index is 0.0583. The Balaban J connectivity index is 1.79. The van der Waals surface area contributed by atoms with Gasteiger partial charge in [0.05, 0.1) is 35.3 Å². The third kappa shape index (κ3) is 4.73. The van der Waals surface area contributed by atoms with E-state index < -0.39 is 35.6 Å². The molecule has 1 aromatic rings. The number of nitrogens with zero attached hydrogens (tertiary/aromatic N) is 2. The molecule has 2 bridgehead atoms. The highest BCUT2D eigenvalue weighted by atomic mass is 79.9. The van der Waals surface area contributed by atoms with Gasteiger partial charge < -0.3 is 24.4 Å². The molecule has 10 heteroatoms. The van der Waals surface area contributed by atoms with Gasteiger partial charge in [0.1, 0.15) is 11.6 Å². The second kappa shape index (κ2) is 11.4. The van der Waals surface area contributed by atoms with E-state index in [1.54, 1.807) is 28.9 Å². The van der Waals surface area contributed by atoms with Crippen LogP contribution in [-0.2, 0) is 23.9 Å². The normalized spacial score (nSPS) is 29.9. The SMILES string of the molecule is C=CCN(C(=O)[C@H]1N(CCCCCO)C(=O)[C@@H]2[C@@H](C(=O)OCC)[C@@H]3O[C@@]21CC3Br)c1c(C)cccc1Cl. The highest BCUT2D eigenvalue weighted by molar-refractivity contribution is 9.09. The topological polar surface area (TPSA) is 96.4 Å². The first-order valence-corrected chi connectivity index (χ1v) is 14.1. The highest BCUT2D eigenvalue weighted by Crippen LogP contribution is 2.60. The van der Waals surface area contributed by atoms with Crippen LogP contribution in [0.15, 0.2) is 30.9 Å². The zero-order chi connectivity index (χ0) is 26.9. The number of esters is 1. The van der Waals surface area contributed by atoms with Crippen molar-refractivity contribution in [2.75, 3.05) is 31.2 Å². The molecule has 0 aliphatic carbocycles. The standard InChI is InChI=1S/C27H34BrClN2O6/c1-4-12-30(21-16(3)10-9-11-18(21)29)25(34)23-27-15-17(28)22(37-27)19(26(35)36-5-2)20(27)24(33)31(23)13-7-6-8-14-32/h4,9-11,17,19-20,22-23,32H,1,5-8,12-15H2,2-3H3/t17?,19-,20+,22-,23-,27+/m1/s1. The van der Waals surface area contributed by atoms with E-state index in [-0.39, 0.29) is 36.4 Å². The Morgan fingerprint density at radius 3 is 2.78 bits per heavy atom. The average molecular weight is 598 g/mol. The summed E-state index contributed by atoms with van der Waals surface area (Å²) in [5, 5.41) is 9.63. The molecule has 0 aromatic heterocycles. The molecule has 3 saturated heterocycles. The fourth-order valence-electron chi connectivity index (χ4n) is 6.26. The van der Waals surface area contributed by atoms with E-state index in [0.29, 0.717) is 42.9 Å². The van der Waals surface area contributed by atoms with Crippen molar-refractivity contribution in [2.24, 2.45) is 11.8 Å². The molecular weight excluding hydrogens is 564 g/mol. The number of aliphatic hydroxyl groups excluding tert-OH is 1. The van der Waals surface area contributed by atoms with Crippen LogP contribution in [0.3, 0.4) is 0 Å². The fourth-order valence-corrected chi connectivity index (χ4v) is 7.53. The van der Waals surface area contributed by atoms with Gasteiger partial charge in [0.15, 0.2) is 0 Å². The van der Waals surface area contributed by atoms with Crippen molar-refractivity contribution in [3.63, 3.8) is 0 Å². The van der Waals surface area contributed by atoms with Crippen LogP contribution in [0.4, 0.5) is 5.69 Å². The molecule has 3 aliphatic heterocycles. The molecule has 3 heterocycles. The Hall–Kier alpha value is -1.94. The van der Waals surface area contributed by atoms with Crippen molar-refractivity contribution in [3.05, 3.63) is 41.4 Å². The van der Waals surface area contributed by atoms with E-state index in [1.165, 1.54) is 0 Å². The third-order valence-electron chi connectivity index (χ3n) is 7.68. The number of alkyl halides is 1. The van der Waals surface area contributed by atoms with E-state index in [0.717, 1.165) is 5.56 Å². The van der Waals surface area contributed by atoms with E-state index in [4.69, 9.17) is 21.1 Å². The van der Waals surface area contributed by atoms with Crippen LogP contribution >= 0.6 is 27.5 Å². The number of benzene rings is 1. The monoisotopic (exact) mass is 596 g/mol. The second-order valence-corrected chi connectivity index (χ2v) is 11.5. The predicted molar refractivity (Wildman–Crippen MR) is 144 cm³/mol. The molecule has 1 aromatic carbocycles. The first-order valence-electron chi connectivity index (χ1n) is 12.8. The molecule has 1 spiro atoms. The molecule has 37 heavy (non-hydrogen) atoms. The van der Waals surface area contributed by atoms with Crippen molar-refractivity contribution in [1.29, 1.82) is 0 Å². The van der Waals surface area contributed by atoms with Crippen molar-refractivity contribution in [1.82, 2.24) is 4.90 Å². The van der Waals surface area contributed by atoms with Crippen LogP contribution in [0.25, 0.3) is 0 Å². The zero-order valence-corrected chi connectivity index (χ0v) is 23.5. The molecular formula is C27H34BrClN2O6. The highest BCUT2D eigenvalue weighted by Gasteiger charge is 2.77. The Kier molecular flexibility index (Phi) is 8.68. The van der Waals surface area contributed by atoms with Crippen LogP contribution in [-0.4, -0.2) is 76.7 Å². The van der Waals surface area contributed by atoms with Gasteiger partial charge in [0, 0.05) is 24.5 Å². The molecule has 3 aliphatic rings. The molecule has 6 atom stereocenters. The van der Waals surface area contributed by atoms with Gasteiger partial charge in [-0.05, 0) is 51.2 Å². The Labute approximate surface area is 231 Å². The molecule has 8 nitrogen and oxygen atoms in total. The number of aryl methyl sites for hydroxylation is 1. The number of rotatable bonds is 11. The van der Waals surface area contributed by atoms with Crippen molar-refractivity contribution in [3.8, 4) is 0 Å². The van der Waals surface area contributed by atoms with Gasteiger partial charge in [0.2, 0.25) is 5.91 Å². The van der Waals surface area contributed by atoms with E-state index in [9.17, 15) is 19.5 Å². The van der Waals surface area contributed by atoms with Crippen LogP contribution in [0.5, 0.6) is 0 Å². The van der Waals surface area contributed by atoms with Crippen LogP contribution in [0, 0.1) is 18.8 Å². The maximum atomic E-state index is 14.5. The molecule has 0 saturated carbocycles. The summed E-state index contributed by atoms with van der Waals surface area (Å²) < 4.78 is 11.9. The van der Waals surface area contributed by atoms with Crippen molar-refractivity contribution in [2.45, 2.75) is 62.1 Å². The number of carbonyl (C=O) groups excluding carboxylic acids is 3. The first-order chi connectivity index (χ1) is 17.7. The number of unbranched alkanes of at least 4 members (excludes halogenated alkanes) is 2. The predicted octanol–water partition coefficient (Wildman–Crippen LogP) is 3.64. The average Bonchev–Trinajstić information content (AvgIpc) is 3.44. The summed E-state index contributed by atoms with van der Waals surface area (Å²) >= 11 is 10.2. The molecule has 202 valence electrons. The number of hydrogen-bond acceptors (Lipinski definition) is 6. The molecule has 2 amide bonds. The number of aliphatic hydroxyl groups is 1. The number of anilines is 1. The largest absolute Gasteiger partial charge is 0.466 e. The summed E-state index contributed by atoms with van der Waals surface area (Å²) in [5.74, 6) is -2.67. The quantitative estimate of drug-likeness (QED) is 0.181. The van der Waals surface area contributed by atoms with Crippen molar-refractivity contribution >= 4 is 51.0 Å². The summed E-state index contributed by atoms with van der Waals surface area (Å²) in [7, 11) is 0. The van der Waals surface area contributed by atoms with Gasteiger partial charge in [-0.1, -0.05) is 45.7 Å². The second-order valence-electron chi connectivity index (χ2n) is 9.87. The number of likely N-dealkylation sites (tertiary alicyclic amines) is 1. The lowest BCUT2D eigenvalue weighted by molar-refractivity contribution is -0.154. The Morgan fingerprint density at radius 1 is 1.38 bits per heavy atom. The lowest BCUT2D eigenvalue weighted by Gasteiger charge is -2.37. The number of carbonyl (C=O) groups is 3. The number of fused-ring (bicyclic) bond motifs is 1. The molecule has 1 unspecified atom stereocenters. The number of amides is 2. The Morgan fingerprint density at radius 2 is 2.14 bits per heavy atom. The molecule has 0 radical (unpaired) electrons. The summed E-state index contributed by atoms with van der Waals surface area (Å²) in [4.78, 5) is 44.5. The van der Waals surface area contributed by atoms with Gasteiger partial charge in [-0.2, -0.15) is 0 Å². The Bertz CT molecular complexity index is 1050. The van der Waals surface area contributed by atoms with Crippen LogP contribution in [0.1, 0.15) is 38.2 Å². The van der Waals surface area contributed by atoms with Gasteiger partial charge in [0.25, 0.3) is 5.91 Å². The number of hydrogen-bond donors (Lipinski definition) is 1. The smallest absolute Gasteiger partial charge is 0.312 e. The minimum Gasteiger partial charge on any atom is -0.466 e. The van der Waals surface area contributed by atoms with E-state index >= 15 is 0 Å². The first kappa shape index (κ1) is 28.1. The maximum absolute atomic E-state index is 14.5. The summed E-state index contributed by atoms with van der Waals surface area (Å²) in [6.45, 7) is 8.19. The van der Waals surface area contributed by atoms with Crippen LogP contribution in [0.2, 0.25) is 5.02 Å². The van der Waals surface area contributed by atoms with E-state index in [1.807, 2.05) is 19.1 Å². The van der Waals surface area contributed by atoms with Crippen molar-refractivity contribution < 1.29 is 29.0 Å². The molecule has 4 rings (SSSR count). The minimum atomic E-state index is -1.17. The van der Waals surface area contributed by atoms with Gasteiger partial charge >= 0.3 is 5.97 Å². The van der Waals surface area contributed by atoms with Gasteiger partial charge in [-0.15, -0.1) is 6.58 Å². The lowest BCUT2D eigenvalue weighted by Crippen LogP contribution is -2.57. The number of para-hydroxylation sites is 1. The summed E-state index contributed by atoms with van der Waals surface area (Å²) in [6.07, 6.45) is 3.39. The molecule has 3 fully saturated rings. The maximum Gasteiger partial charge on any atom is 0.312 e. The van der Waals surface area contributed by atoms with E-state index in [2.05, 4.69) is 22.5 Å².